The minimum atomic E-state index is 0.113. The molecule has 1 aliphatic rings. The van der Waals surface area contributed by atoms with E-state index in [9.17, 15) is 5.26 Å². The van der Waals surface area contributed by atoms with Crippen LogP contribution in [0.2, 0.25) is 0 Å². The van der Waals surface area contributed by atoms with E-state index in [0.29, 0.717) is 11.5 Å². The van der Waals surface area contributed by atoms with Crippen molar-refractivity contribution in [2.45, 2.75) is 84.7 Å². The Bertz CT molecular complexity index is 293. The van der Waals surface area contributed by atoms with Crippen molar-refractivity contribution in [2.75, 3.05) is 0 Å². The average Bonchev–Trinajstić information content (AvgIpc) is 2.38. The molecule has 1 fully saturated rings. The highest BCUT2D eigenvalue weighted by Crippen LogP contribution is 2.30. The third-order valence-corrected chi connectivity index (χ3v) is 3.73. The van der Waals surface area contributed by atoms with Crippen LogP contribution in [-0.4, -0.2) is 11.6 Å². The molecule has 0 aromatic carbocycles. The van der Waals surface area contributed by atoms with Gasteiger partial charge in [-0.05, 0) is 38.5 Å². The van der Waals surface area contributed by atoms with Gasteiger partial charge in [-0.3, -0.25) is 0 Å². The number of hydrogen-bond donors (Lipinski definition) is 1. The molecule has 104 valence electrons. The summed E-state index contributed by atoms with van der Waals surface area (Å²) in [6.07, 6.45) is 7.13. The van der Waals surface area contributed by atoms with E-state index in [4.69, 9.17) is 0 Å². The third-order valence-electron chi connectivity index (χ3n) is 3.73. The highest BCUT2D eigenvalue weighted by atomic mass is 15.0. The fourth-order valence-electron chi connectivity index (χ4n) is 3.51. The topological polar surface area (TPSA) is 35.8 Å². The molecule has 0 amide bonds. The Hall–Kier alpha value is -0.550. The van der Waals surface area contributed by atoms with Crippen LogP contribution < -0.4 is 5.32 Å². The van der Waals surface area contributed by atoms with Gasteiger partial charge in [0.15, 0.2) is 0 Å². The van der Waals surface area contributed by atoms with E-state index in [-0.39, 0.29) is 11.5 Å². The lowest BCUT2D eigenvalue weighted by Gasteiger charge is -2.37. The fraction of sp³-hybridized carbons (Fsp3) is 0.938. The van der Waals surface area contributed by atoms with Crippen LogP contribution in [0.1, 0.15) is 73.1 Å². The Labute approximate surface area is 113 Å². The van der Waals surface area contributed by atoms with Gasteiger partial charge in [-0.1, -0.05) is 40.0 Å². The SMILES string of the molecule is CC(C)(C)CC(C)(C)NC1CCCCCC1C#N. The zero-order valence-electron chi connectivity index (χ0n) is 12.8. The van der Waals surface area contributed by atoms with Gasteiger partial charge in [0.25, 0.3) is 0 Å². The van der Waals surface area contributed by atoms with E-state index in [0.717, 1.165) is 19.3 Å². The number of rotatable bonds is 3. The van der Waals surface area contributed by atoms with Gasteiger partial charge in [0, 0.05) is 11.6 Å². The second kappa shape index (κ2) is 6.06. The molecule has 0 saturated heterocycles. The average molecular weight is 250 g/mol. The van der Waals surface area contributed by atoms with Gasteiger partial charge in [-0.25, -0.2) is 0 Å². The Morgan fingerprint density at radius 3 is 2.22 bits per heavy atom. The Morgan fingerprint density at radius 1 is 1.06 bits per heavy atom. The van der Waals surface area contributed by atoms with Crippen molar-refractivity contribution in [3.8, 4) is 6.07 Å². The largest absolute Gasteiger partial charge is 0.308 e. The number of nitrogens with zero attached hydrogens (tertiary/aromatic N) is 1. The van der Waals surface area contributed by atoms with Gasteiger partial charge in [0.2, 0.25) is 0 Å². The minimum absolute atomic E-state index is 0.113. The van der Waals surface area contributed by atoms with Crippen molar-refractivity contribution in [1.82, 2.24) is 5.32 Å². The summed E-state index contributed by atoms with van der Waals surface area (Å²) >= 11 is 0. The molecule has 0 heterocycles. The Kier molecular flexibility index (Phi) is 5.22. The van der Waals surface area contributed by atoms with E-state index in [2.05, 4.69) is 46.0 Å². The number of nitrogens with one attached hydrogen (secondary N) is 1. The normalized spacial score (nSPS) is 26.4. The van der Waals surface area contributed by atoms with E-state index in [1.165, 1.54) is 19.3 Å². The third kappa shape index (κ3) is 5.40. The quantitative estimate of drug-likeness (QED) is 0.760. The maximum atomic E-state index is 9.33. The molecule has 0 radical (unpaired) electrons. The standard InChI is InChI=1S/C16H30N2/c1-15(2,3)12-16(4,5)18-14-10-8-6-7-9-13(14)11-17/h13-14,18H,6-10,12H2,1-5H3. The molecule has 0 aromatic rings. The van der Waals surface area contributed by atoms with Gasteiger partial charge in [-0.2, -0.15) is 5.26 Å². The molecular formula is C16H30N2. The van der Waals surface area contributed by atoms with Crippen LogP contribution >= 0.6 is 0 Å². The lowest BCUT2D eigenvalue weighted by molar-refractivity contribution is 0.204. The Balaban J connectivity index is 2.65. The zero-order chi connectivity index (χ0) is 13.8. The molecule has 1 rings (SSSR count). The lowest BCUT2D eigenvalue weighted by Crippen LogP contribution is -2.50. The minimum Gasteiger partial charge on any atom is -0.308 e. The van der Waals surface area contributed by atoms with Crippen LogP contribution in [0.4, 0.5) is 0 Å². The summed E-state index contributed by atoms with van der Waals surface area (Å²) in [5.41, 5.74) is 0.436. The summed E-state index contributed by atoms with van der Waals surface area (Å²) < 4.78 is 0. The Morgan fingerprint density at radius 2 is 1.67 bits per heavy atom. The van der Waals surface area contributed by atoms with E-state index in [1.807, 2.05) is 0 Å². The van der Waals surface area contributed by atoms with Crippen molar-refractivity contribution < 1.29 is 0 Å². The molecule has 1 aliphatic carbocycles. The molecule has 1 saturated carbocycles. The van der Waals surface area contributed by atoms with Crippen LogP contribution in [0.3, 0.4) is 0 Å². The van der Waals surface area contributed by atoms with Crippen LogP contribution in [0, 0.1) is 22.7 Å². The van der Waals surface area contributed by atoms with Gasteiger partial charge in [-0.15, -0.1) is 0 Å². The van der Waals surface area contributed by atoms with E-state index < -0.39 is 0 Å². The molecule has 0 bridgehead atoms. The van der Waals surface area contributed by atoms with Crippen molar-refractivity contribution in [3.05, 3.63) is 0 Å². The first-order valence-electron chi connectivity index (χ1n) is 7.41. The second-order valence-corrected chi connectivity index (χ2v) is 7.75. The highest BCUT2D eigenvalue weighted by molar-refractivity contribution is 4.97. The molecule has 0 aromatic heterocycles. The van der Waals surface area contributed by atoms with Crippen LogP contribution in [0.5, 0.6) is 0 Å². The van der Waals surface area contributed by atoms with E-state index in [1.54, 1.807) is 0 Å². The van der Waals surface area contributed by atoms with Crippen LogP contribution in [0.25, 0.3) is 0 Å². The van der Waals surface area contributed by atoms with Crippen LogP contribution in [-0.2, 0) is 0 Å². The maximum absolute atomic E-state index is 9.33. The van der Waals surface area contributed by atoms with Gasteiger partial charge in [0.05, 0.1) is 12.0 Å². The molecular weight excluding hydrogens is 220 g/mol. The summed E-state index contributed by atoms with van der Waals surface area (Å²) in [5.74, 6) is 0.201. The maximum Gasteiger partial charge on any atom is 0.0672 e. The molecule has 18 heavy (non-hydrogen) atoms. The molecule has 1 N–H and O–H groups in total. The van der Waals surface area contributed by atoms with Crippen LogP contribution in [0.15, 0.2) is 0 Å². The second-order valence-electron chi connectivity index (χ2n) is 7.75. The van der Waals surface area contributed by atoms with Crippen molar-refractivity contribution in [2.24, 2.45) is 11.3 Å². The smallest absolute Gasteiger partial charge is 0.0672 e. The molecule has 0 spiro atoms. The van der Waals surface area contributed by atoms with Gasteiger partial charge in [0.1, 0.15) is 0 Å². The predicted octanol–water partition coefficient (Wildman–Crippen LogP) is 4.26. The molecule has 2 heteroatoms. The van der Waals surface area contributed by atoms with Gasteiger partial charge < -0.3 is 5.32 Å². The molecule has 2 nitrogen and oxygen atoms in total. The van der Waals surface area contributed by atoms with Gasteiger partial charge >= 0.3 is 0 Å². The molecule has 2 unspecified atom stereocenters. The first-order chi connectivity index (χ1) is 8.23. The fourth-order valence-corrected chi connectivity index (χ4v) is 3.51. The number of hydrogen-bond acceptors (Lipinski definition) is 2. The summed E-state index contributed by atoms with van der Waals surface area (Å²) in [7, 11) is 0. The summed E-state index contributed by atoms with van der Waals surface area (Å²) in [5, 5.41) is 13.1. The van der Waals surface area contributed by atoms with E-state index >= 15 is 0 Å². The highest BCUT2D eigenvalue weighted by Gasteiger charge is 2.31. The zero-order valence-corrected chi connectivity index (χ0v) is 12.8. The summed E-state index contributed by atoms with van der Waals surface area (Å²) in [6, 6.07) is 2.90. The molecule has 2 atom stereocenters. The monoisotopic (exact) mass is 250 g/mol. The van der Waals surface area contributed by atoms with Crippen molar-refractivity contribution >= 4 is 0 Å². The summed E-state index contributed by atoms with van der Waals surface area (Å²) in [4.78, 5) is 0. The first kappa shape index (κ1) is 15.5. The van der Waals surface area contributed by atoms with Crippen molar-refractivity contribution in [1.29, 1.82) is 5.26 Å². The molecule has 0 aliphatic heterocycles. The predicted molar refractivity (Wildman–Crippen MR) is 77.3 cm³/mol. The summed E-state index contributed by atoms with van der Waals surface area (Å²) in [6.45, 7) is 11.4. The van der Waals surface area contributed by atoms with Crippen molar-refractivity contribution in [3.63, 3.8) is 0 Å². The number of nitriles is 1. The lowest BCUT2D eigenvalue weighted by atomic mass is 9.80. The first-order valence-corrected chi connectivity index (χ1v) is 7.41.